The van der Waals surface area contributed by atoms with Gasteiger partial charge in [0.05, 0.1) is 12.5 Å². The molecule has 150 valence electrons. The van der Waals surface area contributed by atoms with Crippen LogP contribution in [0.5, 0.6) is 0 Å². The Morgan fingerprint density at radius 1 is 1.15 bits per heavy atom. The van der Waals surface area contributed by atoms with Crippen molar-refractivity contribution in [2.24, 2.45) is 5.92 Å². The second-order valence-corrected chi connectivity index (χ2v) is 7.31. The lowest BCUT2D eigenvalue weighted by Crippen LogP contribution is -2.56. The van der Waals surface area contributed by atoms with Crippen LogP contribution in [0, 0.1) is 17.6 Å². The molecule has 0 aliphatic carbocycles. The molecule has 0 saturated carbocycles. The minimum atomic E-state index is -0.659. The summed E-state index contributed by atoms with van der Waals surface area (Å²) < 4.78 is 26.7. The van der Waals surface area contributed by atoms with E-state index in [-0.39, 0.29) is 37.2 Å². The standard InChI is InChI=1S/C19H25F2N3O2.ClH/c1-13-2-5-23(6-3-13)18(25)11-17-19(26)24(7-4-22-17)12-14-8-15(20)10-16(21)9-14;/h8-10,13,17,22H,2-7,11-12H2,1H3;1H. The number of carbonyl (C=O) groups excluding carboxylic acids is 2. The maximum absolute atomic E-state index is 13.4. The first-order valence-electron chi connectivity index (χ1n) is 9.17. The van der Waals surface area contributed by atoms with E-state index in [1.54, 1.807) is 4.90 Å². The van der Waals surface area contributed by atoms with Crippen LogP contribution >= 0.6 is 12.4 Å². The first-order valence-corrected chi connectivity index (χ1v) is 9.17. The van der Waals surface area contributed by atoms with Crippen molar-refractivity contribution in [3.8, 4) is 0 Å². The van der Waals surface area contributed by atoms with E-state index in [0.29, 0.717) is 24.6 Å². The number of benzene rings is 1. The Hall–Kier alpha value is -1.73. The average Bonchev–Trinajstić information content (AvgIpc) is 2.58. The molecule has 2 heterocycles. The van der Waals surface area contributed by atoms with E-state index in [9.17, 15) is 18.4 Å². The molecule has 1 unspecified atom stereocenters. The van der Waals surface area contributed by atoms with E-state index in [4.69, 9.17) is 0 Å². The topological polar surface area (TPSA) is 52.7 Å². The van der Waals surface area contributed by atoms with E-state index in [1.807, 2.05) is 4.90 Å². The van der Waals surface area contributed by atoms with Gasteiger partial charge in [0.15, 0.2) is 0 Å². The van der Waals surface area contributed by atoms with Gasteiger partial charge in [-0.15, -0.1) is 12.4 Å². The Kier molecular flexibility index (Phi) is 7.56. The van der Waals surface area contributed by atoms with Crippen LogP contribution in [0.3, 0.4) is 0 Å². The van der Waals surface area contributed by atoms with E-state index in [0.717, 1.165) is 32.0 Å². The van der Waals surface area contributed by atoms with Crippen molar-refractivity contribution in [3.05, 3.63) is 35.4 Å². The molecular formula is C19H26ClF2N3O2. The predicted molar refractivity (Wildman–Crippen MR) is 100 cm³/mol. The molecule has 3 rings (SSSR count). The van der Waals surface area contributed by atoms with Crippen molar-refractivity contribution >= 4 is 24.2 Å². The highest BCUT2D eigenvalue weighted by molar-refractivity contribution is 5.89. The molecule has 2 fully saturated rings. The van der Waals surface area contributed by atoms with Gasteiger partial charge in [-0.05, 0) is 36.5 Å². The van der Waals surface area contributed by atoms with Gasteiger partial charge in [-0.2, -0.15) is 0 Å². The summed E-state index contributed by atoms with van der Waals surface area (Å²) in [5.41, 5.74) is 0.410. The maximum Gasteiger partial charge on any atom is 0.240 e. The van der Waals surface area contributed by atoms with Crippen molar-refractivity contribution in [1.29, 1.82) is 0 Å². The van der Waals surface area contributed by atoms with E-state index in [1.165, 1.54) is 12.1 Å². The molecule has 5 nitrogen and oxygen atoms in total. The second-order valence-electron chi connectivity index (χ2n) is 7.31. The van der Waals surface area contributed by atoms with Gasteiger partial charge in [0.25, 0.3) is 0 Å². The molecular weight excluding hydrogens is 376 g/mol. The van der Waals surface area contributed by atoms with Crippen LogP contribution in [0.4, 0.5) is 8.78 Å². The van der Waals surface area contributed by atoms with Gasteiger partial charge in [0, 0.05) is 38.8 Å². The Morgan fingerprint density at radius 2 is 1.78 bits per heavy atom. The Morgan fingerprint density at radius 3 is 2.41 bits per heavy atom. The number of halogens is 3. The number of likely N-dealkylation sites (tertiary alicyclic amines) is 1. The zero-order chi connectivity index (χ0) is 18.7. The summed E-state index contributed by atoms with van der Waals surface area (Å²) in [6.45, 7) is 4.81. The molecule has 8 heteroatoms. The van der Waals surface area contributed by atoms with E-state index in [2.05, 4.69) is 12.2 Å². The van der Waals surface area contributed by atoms with Crippen molar-refractivity contribution < 1.29 is 18.4 Å². The fraction of sp³-hybridized carbons (Fsp3) is 0.579. The molecule has 27 heavy (non-hydrogen) atoms. The summed E-state index contributed by atoms with van der Waals surface area (Å²) in [5, 5.41) is 3.10. The van der Waals surface area contributed by atoms with Gasteiger partial charge in [-0.3, -0.25) is 9.59 Å². The van der Waals surface area contributed by atoms with Crippen LogP contribution in [0.2, 0.25) is 0 Å². The largest absolute Gasteiger partial charge is 0.343 e. The highest BCUT2D eigenvalue weighted by Gasteiger charge is 2.32. The molecule has 1 aromatic rings. The minimum Gasteiger partial charge on any atom is -0.343 e. The molecule has 1 aromatic carbocycles. The fourth-order valence-corrected chi connectivity index (χ4v) is 3.59. The monoisotopic (exact) mass is 401 g/mol. The number of piperidine rings is 1. The van der Waals surface area contributed by atoms with Gasteiger partial charge >= 0.3 is 0 Å². The van der Waals surface area contributed by atoms with Crippen LogP contribution in [-0.4, -0.2) is 53.8 Å². The summed E-state index contributed by atoms with van der Waals surface area (Å²) >= 11 is 0. The van der Waals surface area contributed by atoms with Gasteiger partial charge in [-0.25, -0.2) is 8.78 Å². The number of amides is 2. The highest BCUT2D eigenvalue weighted by atomic mass is 35.5. The van der Waals surface area contributed by atoms with Crippen LogP contribution in [0.1, 0.15) is 31.7 Å². The quantitative estimate of drug-likeness (QED) is 0.842. The Bertz CT molecular complexity index is 661. The van der Waals surface area contributed by atoms with Gasteiger partial charge in [-0.1, -0.05) is 6.92 Å². The van der Waals surface area contributed by atoms with Gasteiger partial charge < -0.3 is 15.1 Å². The summed E-state index contributed by atoms with van der Waals surface area (Å²) in [7, 11) is 0. The molecule has 0 bridgehead atoms. The van der Waals surface area contributed by atoms with Gasteiger partial charge in [0.1, 0.15) is 11.6 Å². The molecule has 1 N–H and O–H groups in total. The molecule has 0 aromatic heterocycles. The van der Waals surface area contributed by atoms with Crippen LogP contribution < -0.4 is 5.32 Å². The molecule has 2 saturated heterocycles. The van der Waals surface area contributed by atoms with E-state index >= 15 is 0 Å². The van der Waals surface area contributed by atoms with Gasteiger partial charge in [0.2, 0.25) is 11.8 Å². The number of hydrogen-bond donors (Lipinski definition) is 1. The number of nitrogens with one attached hydrogen (secondary N) is 1. The zero-order valence-electron chi connectivity index (χ0n) is 15.4. The number of hydrogen-bond acceptors (Lipinski definition) is 3. The summed E-state index contributed by atoms with van der Waals surface area (Å²) in [5.74, 6) is -0.890. The SMILES string of the molecule is CC1CCN(C(=O)CC2NCCN(Cc3cc(F)cc(F)c3)C2=O)CC1.Cl. The van der Waals surface area contributed by atoms with Crippen LogP contribution in [-0.2, 0) is 16.1 Å². The van der Waals surface area contributed by atoms with Crippen molar-refractivity contribution in [2.45, 2.75) is 38.8 Å². The average molecular weight is 402 g/mol. The molecule has 0 spiro atoms. The Labute approximate surface area is 164 Å². The number of carbonyl (C=O) groups is 2. The normalized spacial score (nSPS) is 21.1. The first-order chi connectivity index (χ1) is 12.4. The maximum atomic E-state index is 13.4. The molecule has 2 aliphatic heterocycles. The number of nitrogens with zero attached hydrogens (tertiary/aromatic N) is 2. The predicted octanol–water partition coefficient (Wildman–Crippen LogP) is 2.34. The fourth-order valence-electron chi connectivity index (χ4n) is 3.59. The summed E-state index contributed by atoms with van der Waals surface area (Å²) in [6.07, 6.45) is 2.12. The zero-order valence-corrected chi connectivity index (χ0v) is 16.2. The molecule has 1 atom stereocenters. The molecule has 2 aliphatic rings. The Balaban J connectivity index is 0.00000261. The van der Waals surface area contributed by atoms with E-state index < -0.39 is 17.7 Å². The van der Waals surface area contributed by atoms with Crippen molar-refractivity contribution in [1.82, 2.24) is 15.1 Å². The molecule has 0 radical (unpaired) electrons. The summed E-state index contributed by atoms with van der Waals surface area (Å²) in [4.78, 5) is 28.5. The first kappa shape index (κ1) is 21.6. The van der Waals surface area contributed by atoms with Crippen LogP contribution in [0.25, 0.3) is 0 Å². The third-order valence-corrected chi connectivity index (χ3v) is 5.19. The van der Waals surface area contributed by atoms with Crippen LogP contribution in [0.15, 0.2) is 18.2 Å². The second kappa shape index (κ2) is 9.46. The lowest BCUT2D eigenvalue weighted by atomic mass is 9.98. The number of piperazine rings is 1. The van der Waals surface area contributed by atoms with Crippen molar-refractivity contribution in [3.63, 3.8) is 0 Å². The molecule has 2 amide bonds. The summed E-state index contributed by atoms with van der Waals surface area (Å²) in [6, 6.07) is 2.69. The van der Waals surface area contributed by atoms with Crippen molar-refractivity contribution in [2.75, 3.05) is 26.2 Å². The smallest absolute Gasteiger partial charge is 0.240 e. The number of rotatable bonds is 4. The lowest BCUT2D eigenvalue weighted by Gasteiger charge is -2.35. The third kappa shape index (κ3) is 5.62. The minimum absolute atomic E-state index is 0. The highest BCUT2D eigenvalue weighted by Crippen LogP contribution is 2.18. The third-order valence-electron chi connectivity index (χ3n) is 5.19. The lowest BCUT2D eigenvalue weighted by molar-refractivity contribution is -0.142.